The van der Waals surface area contributed by atoms with E-state index in [9.17, 15) is 4.79 Å². The normalized spacial score (nSPS) is 15.3. The largest absolute Gasteiger partial charge is 0.494 e. The summed E-state index contributed by atoms with van der Waals surface area (Å²) in [6.07, 6.45) is 7.10. The van der Waals surface area contributed by atoms with Gasteiger partial charge in [0.1, 0.15) is 5.75 Å². The van der Waals surface area contributed by atoms with Gasteiger partial charge >= 0.3 is 0 Å². The molecule has 1 aliphatic rings. The predicted octanol–water partition coefficient (Wildman–Crippen LogP) is 3.01. The number of amides is 1. The third-order valence-electron chi connectivity index (χ3n) is 4.25. The first-order valence-electron chi connectivity index (χ1n) is 8.92. The third kappa shape index (κ3) is 7.51. The molecule has 1 aromatic rings. The smallest absolute Gasteiger partial charge is 0.216 e. The van der Waals surface area contributed by atoms with Crippen LogP contribution in [0.3, 0.4) is 0 Å². The highest BCUT2D eigenvalue weighted by molar-refractivity contribution is 5.72. The molecule has 4 heteroatoms. The maximum absolute atomic E-state index is 10.8. The second-order valence-corrected chi connectivity index (χ2v) is 6.34. The van der Waals surface area contributed by atoms with Gasteiger partial charge in [0, 0.05) is 20.0 Å². The second-order valence-electron chi connectivity index (χ2n) is 6.34. The van der Waals surface area contributed by atoms with Gasteiger partial charge in [0.2, 0.25) is 5.91 Å². The minimum absolute atomic E-state index is 0.0378. The number of rotatable bonds is 9. The van der Waals surface area contributed by atoms with Crippen molar-refractivity contribution in [3.63, 3.8) is 0 Å². The zero-order chi connectivity index (χ0) is 16.3. The number of hydrogen-bond donors (Lipinski definition) is 1. The molecule has 2 rings (SSSR count). The highest BCUT2D eigenvalue weighted by Gasteiger charge is 2.09. The Morgan fingerprint density at radius 3 is 2.83 bits per heavy atom. The summed E-state index contributed by atoms with van der Waals surface area (Å²) in [6.45, 7) is 6.73. The van der Waals surface area contributed by atoms with E-state index in [0.717, 1.165) is 44.7 Å². The van der Waals surface area contributed by atoms with Gasteiger partial charge in [0.05, 0.1) is 6.61 Å². The van der Waals surface area contributed by atoms with Gasteiger partial charge in [-0.1, -0.05) is 18.6 Å². The number of piperidine rings is 1. The molecule has 1 amide bonds. The Labute approximate surface area is 140 Å². The van der Waals surface area contributed by atoms with Crippen LogP contribution < -0.4 is 10.1 Å². The van der Waals surface area contributed by atoms with Crippen molar-refractivity contribution in [3.05, 3.63) is 29.8 Å². The molecule has 1 fully saturated rings. The van der Waals surface area contributed by atoms with Crippen LogP contribution >= 0.6 is 0 Å². The van der Waals surface area contributed by atoms with Crippen molar-refractivity contribution in [3.8, 4) is 5.75 Å². The average Bonchev–Trinajstić information content (AvgIpc) is 2.57. The Morgan fingerprint density at radius 2 is 2.04 bits per heavy atom. The highest BCUT2D eigenvalue weighted by atomic mass is 16.5. The number of carbonyl (C=O) groups is 1. The molecule has 4 nitrogen and oxygen atoms in total. The minimum Gasteiger partial charge on any atom is -0.494 e. The summed E-state index contributed by atoms with van der Waals surface area (Å²) in [5.74, 6) is 0.997. The molecule has 1 aliphatic heterocycles. The van der Waals surface area contributed by atoms with Crippen LogP contribution in [0.4, 0.5) is 0 Å². The molecule has 0 atom stereocenters. The molecular weight excluding hydrogens is 288 g/mol. The van der Waals surface area contributed by atoms with Gasteiger partial charge < -0.3 is 15.0 Å². The molecule has 0 spiro atoms. The lowest BCUT2D eigenvalue weighted by Gasteiger charge is -2.26. The van der Waals surface area contributed by atoms with E-state index in [-0.39, 0.29) is 5.91 Å². The van der Waals surface area contributed by atoms with Crippen LogP contribution in [0.15, 0.2) is 24.3 Å². The second kappa shape index (κ2) is 10.3. The number of nitrogens with zero attached hydrogens (tertiary/aromatic N) is 1. The molecule has 0 aliphatic carbocycles. The summed E-state index contributed by atoms with van der Waals surface area (Å²) in [6, 6.07) is 8.31. The van der Waals surface area contributed by atoms with E-state index < -0.39 is 0 Å². The minimum atomic E-state index is 0.0378. The van der Waals surface area contributed by atoms with E-state index in [0.29, 0.717) is 0 Å². The van der Waals surface area contributed by atoms with Gasteiger partial charge in [-0.15, -0.1) is 0 Å². The molecule has 23 heavy (non-hydrogen) atoms. The van der Waals surface area contributed by atoms with E-state index >= 15 is 0 Å². The van der Waals surface area contributed by atoms with Crippen molar-refractivity contribution in [1.29, 1.82) is 0 Å². The van der Waals surface area contributed by atoms with Gasteiger partial charge in [-0.05, 0) is 62.9 Å². The standard InChI is InChI=1S/C19H30N2O2/c1-17(22)20-11-6-9-18-8-5-10-19(16-18)23-15-7-14-21-12-3-2-4-13-21/h5,8,10,16H,2-4,6-7,9,11-15H2,1H3,(H,20,22). The van der Waals surface area contributed by atoms with Gasteiger partial charge in [-0.2, -0.15) is 0 Å². The summed E-state index contributed by atoms with van der Waals surface area (Å²) in [5.41, 5.74) is 1.27. The third-order valence-corrected chi connectivity index (χ3v) is 4.25. The summed E-state index contributed by atoms with van der Waals surface area (Å²) in [5, 5.41) is 2.83. The zero-order valence-corrected chi connectivity index (χ0v) is 14.4. The molecule has 0 saturated carbocycles. The Kier molecular flexibility index (Phi) is 7.95. The molecule has 128 valence electrons. The first kappa shape index (κ1) is 17.8. The Bertz CT molecular complexity index is 470. The summed E-state index contributed by atoms with van der Waals surface area (Å²) >= 11 is 0. The molecular formula is C19H30N2O2. The number of nitrogens with one attached hydrogen (secondary N) is 1. The molecule has 0 aromatic heterocycles. The van der Waals surface area contributed by atoms with Crippen LogP contribution in [0.2, 0.25) is 0 Å². The van der Waals surface area contributed by atoms with Crippen LogP contribution in [0.1, 0.15) is 44.6 Å². The molecule has 1 aromatic carbocycles. The first-order chi connectivity index (χ1) is 11.2. The molecule has 1 N–H and O–H groups in total. The summed E-state index contributed by atoms with van der Waals surface area (Å²) < 4.78 is 5.89. The van der Waals surface area contributed by atoms with Gasteiger partial charge in [0.15, 0.2) is 0 Å². The number of benzene rings is 1. The van der Waals surface area contributed by atoms with Crippen molar-refractivity contribution in [2.75, 3.05) is 32.8 Å². The molecule has 1 saturated heterocycles. The summed E-state index contributed by atoms with van der Waals surface area (Å²) in [7, 11) is 0. The average molecular weight is 318 g/mol. The lowest BCUT2D eigenvalue weighted by molar-refractivity contribution is -0.118. The van der Waals surface area contributed by atoms with Crippen molar-refractivity contribution in [2.45, 2.75) is 45.4 Å². The fourth-order valence-electron chi connectivity index (χ4n) is 3.01. The van der Waals surface area contributed by atoms with Crippen LogP contribution in [0.5, 0.6) is 5.75 Å². The molecule has 1 heterocycles. The predicted molar refractivity (Wildman–Crippen MR) is 93.8 cm³/mol. The van der Waals surface area contributed by atoms with Crippen LogP contribution in [-0.4, -0.2) is 43.6 Å². The number of ether oxygens (including phenoxy) is 1. The van der Waals surface area contributed by atoms with Crippen molar-refractivity contribution in [2.24, 2.45) is 0 Å². The van der Waals surface area contributed by atoms with Crippen LogP contribution in [0.25, 0.3) is 0 Å². The summed E-state index contributed by atoms with van der Waals surface area (Å²) in [4.78, 5) is 13.4. The number of likely N-dealkylation sites (tertiary alicyclic amines) is 1. The lowest BCUT2D eigenvalue weighted by Crippen LogP contribution is -2.31. The lowest BCUT2D eigenvalue weighted by atomic mass is 10.1. The number of hydrogen-bond acceptors (Lipinski definition) is 3. The fraction of sp³-hybridized carbons (Fsp3) is 0.632. The van der Waals surface area contributed by atoms with Crippen molar-refractivity contribution in [1.82, 2.24) is 10.2 Å². The molecule has 0 unspecified atom stereocenters. The van der Waals surface area contributed by atoms with Gasteiger partial charge in [0.25, 0.3) is 0 Å². The highest BCUT2D eigenvalue weighted by Crippen LogP contribution is 2.15. The van der Waals surface area contributed by atoms with E-state index in [1.807, 2.05) is 12.1 Å². The van der Waals surface area contributed by atoms with Crippen LogP contribution in [-0.2, 0) is 11.2 Å². The fourth-order valence-corrected chi connectivity index (χ4v) is 3.01. The van der Waals surface area contributed by atoms with E-state index in [1.165, 1.54) is 37.9 Å². The SMILES string of the molecule is CC(=O)NCCCc1cccc(OCCCN2CCCCC2)c1. The van der Waals surface area contributed by atoms with Gasteiger partial charge in [-0.25, -0.2) is 0 Å². The number of aryl methyl sites for hydroxylation is 1. The maximum atomic E-state index is 10.8. The Balaban J connectivity index is 1.62. The topological polar surface area (TPSA) is 41.6 Å². The van der Waals surface area contributed by atoms with Crippen LogP contribution in [0, 0.1) is 0 Å². The quantitative estimate of drug-likeness (QED) is 0.712. The zero-order valence-electron chi connectivity index (χ0n) is 14.4. The van der Waals surface area contributed by atoms with Crippen molar-refractivity contribution < 1.29 is 9.53 Å². The van der Waals surface area contributed by atoms with E-state index in [2.05, 4.69) is 22.3 Å². The van der Waals surface area contributed by atoms with E-state index in [4.69, 9.17) is 4.74 Å². The Hall–Kier alpha value is -1.55. The van der Waals surface area contributed by atoms with Gasteiger partial charge in [-0.3, -0.25) is 4.79 Å². The Morgan fingerprint density at radius 1 is 1.22 bits per heavy atom. The molecule has 0 radical (unpaired) electrons. The maximum Gasteiger partial charge on any atom is 0.216 e. The monoisotopic (exact) mass is 318 g/mol. The number of carbonyl (C=O) groups excluding carboxylic acids is 1. The van der Waals surface area contributed by atoms with E-state index in [1.54, 1.807) is 6.92 Å². The molecule has 0 bridgehead atoms. The first-order valence-corrected chi connectivity index (χ1v) is 8.92. The van der Waals surface area contributed by atoms with Crippen molar-refractivity contribution >= 4 is 5.91 Å².